The molecule has 0 bridgehead atoms. The molecule has 6 aromatic carbocycles. The molecule has 4 nitrogen and oxygen atoms in total. The molecule has 12 rings (SSSR count). The molecule has 8 aromatic rings. The smallest absolute Gasteiger partial charge is 0.297 e. The zero-order chi connectivity index (χ0) is 52.8. The summed E-state index contributed by atoms with van der Waals surface area (Å²) in [6, 6.07) is 47.9. The van der Waals surface area contributed by atoms with Gasteiger partial charge >= 0.3 is 0 Å². The molecule has 4 aliphatic rings. The molecule has 0 radical (unpaired) electrons. The van der Waals surface area contributed by atoms with Crippen molar-refractivity contribution in [2.75, 3.05) is 9.80 Å². The van der Waals surface area contributed by atoms with Crippen LogP contribution in [0.3, 0.4) is 0 Å². The summed E-state index contributed by atoms with van der Waals surface area (Å²) in [7, 11) is 0. The van der Waals surface area contributed by atoms with Crippen molar-refractivity contribution in [2.24, 2.45) is 0 Å². The van der Waals surface area contributed by atoms with Gasteiger partial charge in [0.15, 0.2) is 0 Å². The minimum absolute atomic E-state index is 0.000870. The van der Waals surface area contributed by atoms with E-state index in [2.05, 4.69) is 260 Å². The van der Waals surface area contributed by atoms with E-state index in [0.29, 0.717) is 0 Å². The second-order valence-electron chi connectivity index (χ2n) is 28.6. The van der Waals surface area contributed by atoms with Crippen molar-refractivity contribution in [1.82, 2.24) is 4.57 Å². The molecule has 74 heavy (non-hydrogen) atoms. The van der Waals surface area contributed by atoms with Crippen molar-refractivity contribution >= 4 is 68.3 Å². The second-order valence-corrected chi connectivity index (χ2v) is 28.6. The summed E-state index contributed by atoms with van der Waals surface area (Å²) in [5.41, 5.74) is 24.6. The predicted octanol–water partition coefficient (Wildman–Crippen LogP) is 17.2. The van der Waals surface area contributed by atoms with Crippen molar-refractivity contribution in [3.05, 3.63) is 166 Å². The molecule has 0 atom stereocenters. The quantitative estimate of drug-likeness (QED) is 0.165. The molecule has 0 spiro atoms. The fraction of sp³-hybridized carbons (Fsp3) is 0.391. The topological polar surface area (TPSA) is 24.6 Å². The van der Waals surface area contributed by atoms with Gasteiger partial charge in [0.1, 0.15) is 5.76 Å². The Bertz CT molecular complexity index is 3620. The average molecular weight is 976 g/mol. The van der Waals surface area contributed by atoms with Crippen LogP contribution in [-0.4, -0.2) is 11.3 Å². The van der Waals surface area contributed by atoms with Crippen molar-refractivity contribution < 1.29 is 4.42 Å². The van der Waals surface area contributed by atoms with Gasteiger partial charge in [0.05, 0.1) is 28.2 Å². The van der Waals surface area contributed by atoms with Gasteiger partial charge in [-0.25, -0.2) is 0 Å². The van der Waals surface area contributed by atoms with Crippen molar-refractivity contribution in [1.29, 1.82) is 0 Å². The van der Waals surface area contributed by atoms with Crippen LogP contribution in [0.4, 0.5) is 34.1 Å². The van der Waals surface area contributed by atoms with Crippen LogP contribution in [0.1, 0.15) is 182 Å². The maximum Gasteiger partial charge on any atom is 0.297 e. The summed E-state index contributed by atoms with van der Waals surface area (Å²) in [4.78, 5) is 5.24. The molecule has 0 unspecified atom stereocenters. The Kier molecular flexibility index (Phi) is 10.2. The molecular formula is C69H78BN3O. The van der Waals surface area contributed by atoms with Gasteiger partial charge < -0.3 is 18.8 Å². The lowest BCUT2D eigenvalue weighted by molar-refractivity contribution is 0.282. The van der Waals surface area contributed by atoms with Crippen LogP contribution in [0, 0.1) is 0 Å². The number of benzene rings is 6. The van der Waals surface area contributed by atoms with E-state index in [1.807, 2.05) is 0 Å². The van der Waals surface area contributed by atoms with E-state index in [9.17, 15) is 0 Å². The Hall–Kier alpha value is -6.20. The molecule has 0 saturated carbocycles. The molecule has 4 heterocycles. The number of aromatic nitrogens is 1. The van der Waals surface area contributed by atoms with E-state index in [1.165, 1.54) is 94.8 Å². The number of furan rings is 1. The van der Waals surface area contributed by atoms with E-state index in [1.54, 1.807) is 0 Å². The zero-order valence-corrected chi connectivity index (χ0v) is 47.8. The molecule has 2 aromatic heterocycles. The van der Waals surface area contributed by atoms with E-state index in [-0.39, 0.29) is 44.6 Å². The normalized spacial score (nSPS) is 17.2. The highest BCUT2D eigenvalue weighted by molar-refractivity contribution is 6.99. The minimum Gasteiger partial charge on any atom is -0.472 e. The number of hydrogen-bond donors (Lipinski definition) is 0. The molecule has 2 aliphatic heterocycles. The highest BCUT2D eigenvalue weighted by Gasteiger charge is 2.53. The molecule has 0 saturated heterocycles. The molecule has 0 N–H and O–H groups in total. The summed E-state index contributed by atoms with van der Waals surface area (Å²) in [5, 5.41) is 1.33. The van der Waals surface area contributed by atoms with Crippen LogP contribution in [-0.2, 0) is 37.9 Å². The maximum atomic E-state index is 7.79. The summed E-state index contributed by atoms with van der Waals surface area (Å²) in [6.07, 6.45) is 2.14. The number of nitrogens with zero attached hydrogens (tertiary/aromatic N) is 3. The van der Waals surface area contributed by atoms with Gasteiger partial charge in [-0.3, -0.25) is 0 Å². The number of hydrogen-bond acceptors (Lipinski definition) is 3. The Morgan fingerprint density at radius 2 is 1.00 bits per heavy atom. The first-order valence-corrected chi connectivity index (χ1v) is 27.6. The standard InChI is InChI=1S/C69H78BN3O/c1-63(2,3)41-23-29-45(30-24-41)71-53-34-28-44(66(10,11)12)38-51(53)70-58-54(71)39-47(73-52-33-27-43(65(7,8)9)37-49(52)56-59(73)48-21-19-20-22-50(48)69(56,17)18)40-55(58)72(46-31-25-42(26-32-46)64(4,5)6)60-57-61(74-62(60)70)68(15,16)36-35-67(57,13)14/h19-34,37-40H,35-36H2,1-18H3. The first-order valence-electron chi connectivity index (χ1n) is 27.6. The third-order valence-electron chi connectivity index (χ3n) is 18.0. The minimum atomic E-state index is -0.214. The van der Waals surface area contributed by atoms with Gasteiger partial charge in [-0.2, -0.15) is 0 Å². The first-order chi connectivity index (χ1) is 34.5. The number of rotatable bonds is 3. The number of fused-ring (bicyclic) bond motifs is 11. The molecule has 5 heteroatoms. The van der Waals surface area contributed by atoms with Crippen LogP contribution in [0.15, 0.2) is 126 Å². The summed E-state index contributed by atoms with van der Waals surface area (Å²) in [6.45, 7) is 42.4. The van der Waals surface area contributed by atoms with Gasteiger partial charge in [-0.15, -0.1) is 0 Å². The largest absolute Gasteiger partial charge is 0.472 e. The van der Waals surface area contributed by atoms with Gasteiger partial charge in [-0.05, 0) is 139 Å². The van der Waals surface area contributed by atoms with Crippen LogP contribution >= 0.6 is 0 Å². The maximum absolute atomic E-state index is 7.79. The Morgan fingerprint density at radius 1 is 0.486 bits per heavy atom. The van der Waals surface area contributed by atoms with E-state index < -0.39 is 0 Å². The van der Waals surface area contributed by atoms with Gasteiger partial charge in [0.25, 0.3) is 6.71 Å². The average Bonchev–Trinajstić information content (AvgIpc) is 3.97. The van der Waals surface area contributed by atoms with Gasteiger partial charge in [0.2, 0.25) is 0 Å². The van der Waals surface area contributed by atoms with Crippen LogP contribution < -0.4 is 26.4 Å². The monoisotopic (exact) mass is 976 g/mol. The lowest BCUT2D eigenvalue weighted by Gasteiger charge is -2.44. The van der Waals surface area contributed by atoms with Crippen molar-refractivity contribution in [3.8, 4) is 16.9 Å². The Labute approximate surface area is 443 Å². The van der Waals surface area contributed by atoms with Gasteiger partial charge in [0, 0.05) is 55.8 Å². The molecule has 0 fully saturated rings. The van der Waals surface area contributed by atoms with E-state index in [4.69, 9.17) is 4.42 Å². The zero-order valence-electron chi connectivity index (χ0n) is 47.8. The predicted molar refractivity (Wildman–Crippen MR) is 317 cm³/mol. The molecular weight excluding hydrogens is 898 g/mol. The van der Waals surface area contributed by atoms with Crippen LogP contribution in [0.25, 0.3) is 27.8 Å². The SMILES string of the molecule is CC(C)(C)c1ccc(N2c3ccc(C(C)(C)C)cc3B3c4oc5c(c4N(c4ccc(C(C)(C)C)cc4)c4cc(-n6c7c(c8cc(C(C)(C)C)ccc86)C(C)(C)c6ccccc6-7)cc2c43)C(C)(C)CCC5(C)C)cc1. The fourth-order valence-electron chi connectivity index (χ4n) is 13.4. The third-order valence-corrected chi connectivity index (χ3v) is 18.0. The summed E-state index contributed by atoms with van der Waals surface area (Å²) < 4.78 is 10.4. The lowest BCUT2D eigenvalue weighted by atomic mass is 9.35. The molecule has 2 aliphatic carbocycles. The Morgan fingerprint density at radius 3 is 1.59 bits per heavy atom. The number of anilines is 6. The van der Waals surface area contributed by atoms with Crippen molar-refractivity contribution in [2.45, 2.75) is 175 Å². The van der Waals surface area contributed by atoms with Gasteiger partial charge in [-0.1, -0.05) is 191 Å². The third kappa shape index (κ3) is 7.06. The van der Waals surface area contributed by atoms with Crippen LogP contribution in [0.2, 0.25) is 0 Å². The van der Waals surface area contributed by atoms with Crippen molar-refractivity contribution in [3.63, 3.8) is 0 Å². The second kappa shape index (κ2) is 15.5. The fourth-order valence-corrected chi connectivity index (χ4v) is 13.4. The highest BCUT2D eigenvalue weighted by atomic mass is 16.3. The lowest BCUT2D eigenvalue weighted by Crippen LogP contribution is -2.61. The summed E-state index contributed by atoms with van der Waals surface area (Å²) >= 11 is 0. The highest BCUT2D eigenvalue weighted by Crippen LogP contribution is 2.58. The van der Waals surface area contributed by atoms with E-state index in [0.717, 1.165) is 41.3 Å². The van der Waals surface area contributed by atoms with E-state index >= 15 is 0 Å². The molecule has 378 valence electrons. The molecule has 0 amide bonds. The first kappa shape index (κ1) is 48.7. The summed E-state index contributed by atoms with van der Waals surface area (Å²) in [5.74, 6) is 1.14. The van der Waals surface area contributed by atoms with Crippen LogP contribution in [0.5, 0.6) is 0 Å². The Balaban J connectivity index is 1.27.